The van der Waals surface area contributed by atoms with E-state index in [2.05, 4.69) is 0 Å². The van der Waals surface area contributed by atoms with Crippen LogP contribution in [-0.4, -0.2) is 23.3 Å². The molecule has 0 saturated carbocycles. The normalized spacial score (nSPS) is 14.8. The van der Waals surface area contributed by atoms with E-state index in [-0.39, 0.29) is 18.4 Å². The lowest BCUT2D eigenvalue weighted by atomic mass is 10.1. The number of carbonyl (C=O) groups excluding carboxylic acids is 2. The maximum Gasteiger partial charge on any atom is 0.261 e. The number of nitriles is 1. The van der Waals surface area contributed by atoms with E-state index in [4.69, 9.17) is 5.26 Å². The summed E-state index contributed by atoms with van der Waals surface area (Å²) >= 11 is 0. The maximum absolute atomic E-state index is 11.9. The Morgan fingerprint density at radius 3 is 2.29 bits per heavy atom. The standard InChI is InChI=1S/C13H10N2O2/c1-9(8-14)6-7-15-12(16)10-4-2-3-5-11(10)13(15)17/h2-6H,7H2,1H3/b9-6+. The third-order valence-electron chi connectivity index (χ3n) is 2.63. The highest BCUT2D eigenvalue weighted by molar-refractivity contribution is 6.21. The lowest BCUT2D eigenvalue weighted by molar-refractivity contribution is 0.0672. The second-order valence-electron chi connectivity index (χ2n) is 3.77. The second-order valence-corrected chi connectivity index (χ2v) is 3.77. The number of hydrogen-bond acceptors (Lipinski definition) is 3. The first kappa shape index (κ1) is 11.1. The summed E-state index contributed by atoms with van der Waals surface area (Å²) in [6, 6.07) is 8.67. The van der Waals surface area contributed by atoms with E-state index in [0.717, 1.165) is 4.90 Å². The van der Waals surface area contributed by atoms with Crippen LogP contribution in [0.25, 0.3) is 0 Å². The van der Waals surface area contributed by atoms with Crippen molar-refractivity contribution in [3.05, 3.63) is 47.0 Å². The molecule has 1 aromatic carbocycles. The quantitative estimate of drug-likeness (QED) is 0.570. The maximum atomic E-state index is 11.9. The van der Waals surface area contributed by atoms with Crippen LogP contribution in [0.2, 0.25) is 0 Å². The Kier molecular flexibility index (Phi) is 2.75. The predicted octanol–water partition coefficient (Wildman–Crippen LogP) is 1.75. The molecule has 0 saturated heterocycles. The van der Waals surface area contributed by atoms with Gasteiger partial charge < -0.3 is 0 Å². The summed E-state index contributed by atoms with van der Waals surface area (Å²) in [7, 11) is 0. The van der Waals surface area contributed by atoms with Crippen LogP contribution in [-0.2, 0) is 0 Å². The molecular weight excluding hydrogens is 216 g/mol. The highest BCUT2D eigenvalue weighted by Gasteiger charge is 2.34. The van der Waals surface area contributed by atoms with Gasteiger partial charge in [-0.2, -0.15) is 5.26 Å². The smallest absolute Gasteiger partial charge is 0.261 e. The van der Waals surface area contributed by atoms with E-state index in [0.29, 0.717) is 16.7 Å². The molecule has 0 spiro atoms. The van der Waals surface area contributed by atoms with Crippen molar-refractivity contribution in [2.75, 3.05) is 6.54 Å². The predicted molar refractivity (Wildman–Crippen MR) is 61.2 cm³/mol. The van der Waals surface area contributed by atoms with Crippen LogP contribution in [0.1, 0.15) is 27.6 Å². The highest BCUT2D eigenvalue weighted by atomic mass is 16.2. The van der Waals surface area contributed by atoms with Crippen molar-refractivity contribution in [3.8, 4) is 6.07 Å². The van der Waals surface area contributed by atoms with Crippen molar-refractivity contribution in [1.82, 2.24) is 4.90 Å². The van der Waals surface area contributed by atoms with Crippen molar-refractivity contribution >= 4 is 11.8 Å². The molecule has 0 radical (unpaired) electrons. The van der Waals surface area contributed by atoms with E-state index >= 15 is 0 Å². The van der Waals surface area contributed by atoms with Crippen molar-refractivity contribution in [3.63, 3.8) is 0 Å². The fourth-order valence-electron chi connectivity index (χ4n) is 1.68. The summed E-state index contributed by atoms with van der Waals surface area (Å²) in [4.78, 5) is 24.9. The van der Waals surface area contributed by atoms with Crippen molar-refractivity contribution < 1.29 is 9.59 Å². The van der Waals surface area contributed by atoms with Gasteiger partial charge in [-0.1, -0.05) is 18.2 Å². The lowest BCUT2D eigenvalue weighted by Gasteiger charge is -2.10. The van der Waals surface area contributed by atoms with Crippen LogP contribution < -0.4 is 0 Å². The molecule has 0 N–H and O–H groups in total. The van der Waals surface area contributed by atoms with E-state index < -0.39 is 0 Å². The third kappa shape index (κ3) is 1.83. The van der Waals surface area contributed by atoms with E-state index in [1.165, 1.54) is 0 Å². The van der Waals surface area contributed by atoms with E-state index in [1.54, 1.807) is 37.3 Å². The first-order valence-electron chi connectivity index (χ1n) is 5.17. The number of benzene rings is 1. The first-order chi connectivity index (χ1) is 8.15. The van der Waals surface area contributed by atoms with Crippen LogP contribution >= 0.6 is 0 Å². The van der Waals surface area contributed by atoms with Gasteiger partial charge in [0, 0.05) is 12.1 Å². The zero-order chi connectivity index (χ0) is 12.4. The molecule has 84 valence electrons. The minimum atomic E-state index is -0.299. The van der Waals surface area contributed by atoms with Gasteiger partial charge in [-0.3, -0.25) is 14.5 Å². The lowest BCUT2D eigenvalue weighted by Crippen LogP contribution is -2.29. The van der Waals surface area contributed by atoms with Gasteiger partial charge in [0.25, 0.3) is 11.8 Å². The molecule has 4 nitrogen and oxygen atoms in total. The number of allylic oxidation sites excluding steroid dienone is 1. The van der Waals surface area contributed by atoms with Gasteiger partial charge in [-0.15, -0.1) is 0 Å². The summed E-state index contributed by atoms with van der Waals surface area (Å²) in [5.41, 5.74) is 1.35. The van der Waals surface area contributed by atoms with Gasteiger partial charge in [-0.25, -0.2) is 0 Å². The van der Waals surface area contributed by atoms with Gasteiger partial charge in [0.1, 0.15) is 0 Å². The first-order valence-corrected chi connectivity index (χ1v) is 5.17. The van der Waals surface area contributed by atoms with Crippen LogP contribution in [0.15, 0.2) is 35.9 Å². The van der Waals surface area contributed by atoms with Gasteiger partial charge >= 0.3 is 0 Å². The molecule has 0 aromatic heterocycles. The fraction of sp³-hybridized carbons (Fsp3) is 0.154. The van der Waals surface area contributed by atoms with Crippen LogP contribution in [0, 0.1) is 11.3 Å². The average molecular weight is 226 g/mol. The number of carbonyl (C=O) groups is 2. The number of rotatable bonds is 2. The molecular formula is C13H10N2O2. The molecule has 0 unspecified atom stereocenters. The van der Waals surface area contributed by atoms with Gasteiger partial charge in [-0.05, 0) is 19.1 Å². The summed E-state index contributed by atoms with van der Waals surface area (Å²) in [6.45, 7) is 1.78. The Morgan fingerprint density at radius 1 is 1.29 bits per heavy atom. The Labute approximate surface area is 98.8 Å². The Bertz CT molecular complexity index is 532. The molecule has 1 aromatic rings. The molecule has 1 aliphatic heterocycles. The van der Waals surface area contributed by atoms with E-state index in [1.807, 2.05) is 6.07 Å². The molecule has 0 fully saturated rings. The number of imide groups is 1. The van der Waals surface area contributed by atoms with Gasteiger partial charge in [0.15, 0.2) is 0 Å². The molecule has 1 heterocycles. The topological polar surface area (TPSA) is 61.2 Å². The summed E-state index contributed by atoms with van der Waals surface area (Å²) in [5, 5.41) is 8.61. The van der Waals surface area contributed by atoms with Crippen molar-refractivity contribution in [2.24, 2.45) is 0 Å². The van der Waals surface area contributed by atoms with Gasteiger partial charge in [0.2, 0.25) is 0 Å². The molecule has 17 heavy (non-hydrogen) atoms. The SMILES string of the molecule is C/C(C#N)=C\CN1C(=O)c2ccccc2C1=O. The van der Waals surface area contributed by atoms with E-state index in [9.17, 15) is 9.59 Å². The molecule has 0 bridgehead atoms. The van der Waals surface area contributed by atoms with Crippen LogP contribution in [0.4, 0.5) is 0 Å². The average Bonchev–Trinajstić information content (AvgIpc) is 2.60. The molecule has 1 aliphatic rings. The third-order valence-corrected chi connectivity index (χ3v) is 2.63. The Hall–Kier alpha value is -2.41. The minimum Gasteiger partial charge on any atom is -0.270 e. The van der Waals surface area contributed by atoms with Crippen molar-refractivity contribution in [2.45, 2.75) is 6.92 Å². The minimum absolute atomic E-state index is 0.145. The largest absolute Gasteiger partial charge is 0.270 e. The number of fused-ring (bicyclic) bond motifs is 1. The molecule has 0 atom stereocenters. The number of nitrogens with zero attached hydrogens (tertiary/aromatic N) is 2. The van der Waals surface area contributed by atoms with Gasteiger partial charge in [0.05, 0.1) is 17.2 Å². The molecule has 2 amide bonds. The number of amides is 2. The number of hydrogen-bond donors (Lipinski definition) is 0. The molecule has 4 heteroatoms. The highest BCUT2D eigenvalue weighted by Crippen LogP contribution is 2.22. The zero-order valence-electron chi connectivity index (χ0n) is 9.30. The summed E-state index contributed by atoms with van der Waals surface area (Å²) in [5.74, 6) is -0.597. The van der Waals surface area contributed by atoms with Crippen LogP contribution in [0.5, 0.6) is 0 Å². The Morgan fingerprint density at radius 2 is 1.82 bits per heavy atom. The van der Waals surface area contributed by atoms with Crippen LogP contribution in [0.3, 0.4) is 0 Å². The fourth-order valence-corrected chi connectivity index (χ4v) is 1.68. The molecule has 0 aliphatic carbocycles. The van der Waals surface area contributed by atoms with Crippen molar-refractivity contribution in [1.29, 1.82) is 5.26 Å². The zero-order valence-corrected chi connectivity index (χ0v) is 9.30. The second kappa shape index (κ2) is 4.22. The Balaban J connectivity index is 2.28. The summed E-state index contributed by atoms with van der Waals surface area (Å²) < 4.78 is 0. The monoisotopic (exact) mass is 226 g/mol. The summed E-state index contributed by atoms with van der Waals surface area (Å²) in [6.07, 6.45) is 1.57. The molecule has 2 rings (SSSR count).